The molecule has 12 nitrogen and oxygen atoms in total. The maximum absolute atomic E-state index is 13.2. The first-order valence-electron chi connectivity index (χ1n) is 11.3. The summed E-state index contributed by atoms with van der Waals surface area (Å²) in [5.74, 6) is -0.850. The number of nitrogens with zero attached hydrogens (tertiary/aromatic N) is 5. The summed E-state index contributed by atoms with van der Waals surface area (Å²) >= 11 is 0. The van der Waals surface area contributed by atoms with Crippen LogP contribution in [0.2, 0.25) is 0 Å². The summed E-state index contributed by atoms with van der Waals surface area (Å²) in [7, 11) is -3.90. The van der Waals surface area contributed by atoms with Crippen LogP contribution < -0.4 is 15.5 Å². The maximum Gasteiger partial charge on any atom is 0.244 e. The first kappa shape index (κ1) is 24.6. The monoisotopic (exact) mass is 501 g/mol. The molecule has 2 fully saturated rings. The predicted octanol–water partition coefficient (Wildman–Crippen LogP) is -0.270. The van der Waals surface area contributed by atoms with Crippen molar-refractivity contribution in [1.82, 2.24) is 25.1 Å². The third-order valence-electron chi connectivity index (χ3n) is 5.97. The van der Waals surface area contributed by atoms with Crippen LogP contribution >= 0.6 is 0 Å². The van der Waals surface area contributed by atoms with Gasteiger partial charge in [-0.1, -0.05) is 11.2 Å². The van der Waals surface area contributed by atoms with Crippen molar-refractivity contribution >= 4 is 27.7 Å². The van der Waals surface area contributed by atoms with E-state index in [-0.39, 0.29) is 19.5 Å². The van der Waals surface area contributed by atoms with Crippen molar-refractivity contribution in [1.29, 1.82) is 5.26 Å². The summed E-state index contributed by atoms with van der Waals surface area (Å²) in [5.41, 5.74) is -0.403. The third kappa shape index (κ3) is 6.14. The van der Waals surface area contributed by atoms with Gasteiger partial charge in [0.2, 0.25) is 21.8 Å². The SMILES string of the molecule is Cc1cc(CC(=O)NC(CS(=O)(=O)N2CCN(c3ccccn3)CC2)C(=O)NC2(C#N)CC2)on1. The Labute approximate surface area is 203 Å². The van der Waals surface area contributed by atoms with Crippen LogP contribution in [0, 0.1) is 18.3 Å². The number of sulfonamides is 1. The number of nitrogens with one attached hydrogen (secondary N) is 2. The number of pyridine rings is 1. The highest BCUT2D eigenvalue weighted by molar-refractivity contribution is 7.89. The van der Waals surface area contributed by atoms with Crippen molar-refractivity contribution in [2.24, 2.45) is 0 Å². The van der Waals surface area contributed by atoms with Gasteiger partial charge in [-0.15, -0.1) is 0 Å². The summed E-state index contributed by atoms with van der Waals surface area (Å²) in [4.78, 5) is 31.8. The Balaban J connectivity index is 1.42. The lowest BCUT2D eigenvalue weighted by Gasteiger charge is -2.35. The molecule has 0 aromatic carbocycles. The third-order valence-corrected chi connectivity index (χ3v) is 7.88. The number of hydrogen-bond acceptors (Lipinski definition) is 9. The second-order valence-corrected chi connectivity index (χ2v) is 10.8. The summed E-state index contributed by atoms with van der Waals surface area (Å²) in [5, 5.41) is 18.1. The highest BCUT2D eigenvalue weighted by Gasteiger charge is 2.46. The molecule has 0 bridgehead atoms. The van der Waals surface area contributed by atoms with Gasteiger partial charge in [-0.2, -0.15) is 9.57 Å². The number of aryl methyl sites for hydroxylation is 1. The standard InChI is InChI=1S/C22H27N7O5S/c1-16-12-17(34-27-16)13-20(30)25-18(21(31)26-22(15-23)5-6-22)14-35(32,33)29-10-8-28(9-11-29)19-4-2-3-7-24-19/h2-4,7,12,18H,5-6,8-11,13-14H2,1H3,(H,25,30)(H,26,31). The molecule has 35 heavy (non-hydrogen) atoms. The lowest BCUT2D eigenvalue weighted by Crippen LogP contribution is -2.56. The lowest BCUT2D eigenvalue weighted by molar-refractivity contribution is -0.128. The van der Waals surface area contributed by atoms with Gasteiger partial charge in [0, 0.05) is 38.4 Å². The number of anilines is 1. The zero-order valence-electron chi connectivity index (χ0n) is 19.3. The molecule has 186 valence electrons. The van der Waals surface area contributed by atoms with Gasteiger partial charge in [-0.3, -0.25) is 9.59 Å². The van der Waals surface area contributed by atoms with Crippen molar-refractivity contribution in [2.45, 2.75) is 37.8 Å². The number of piperazine rings is 1. The first-order valence-corrected chi connectivity index (χ1v) is 12.9. The average Bonchev–Trinajstić information content (AvgIpc) is 3.51. The van der Waals surface area contributed by atoms with E-state index in [1.807, 2.05) is 29.2 Å². The van der Waals surface area contributed by atoms with E-state index >= 15 is 0 Å². The second-order valence-electron chi connectivity index (χ2n) is 8.77. The normalized spacial score (nSPS) is 18.3. The number of carbonyl (C=O) groups is 2. The van der Waals surface area contributed by atoms with Crippen molar-refractivity contribution in [3.05, 3.63) is 41.9 Å². The molecule has 13 heteroatoms. The topological polar surface area (TPSA) is 162 Å². The molecule has 1 saturated carbocycles. The van der Waals surface area contributed by atoms with E-state index in [1.54, 1.807) is 19.2 Å². The number of aromatic nitrogens is 2. The van der Waals surface area contributed by atoms with Gasteiger partial charge < -0.3 is 20.1 Å². The van der Waals surface area contributed by atoms with Gasteiger partial charge >= 0.3 is 0 Å². The van der Waals surface area contributed by atoms with E-state index in [2.05, 4.69) is 20.8 Å². The van der Waals surface area contributed by atoms with Crippen molar-refractivity contribution in [3.8, 4) is 6.07 Å². The zero-order valence-corrected chi connectivity index (χ0v) is 20.1. The number of amides is 2. The van der Waals surface area contributed by atoms with Gasteiger partial charge in [0.1, 0.15) is 23.2 Å². The molecule has 2 aromatic rings. The lowest BCUT2D eigenvalue weighted by atomic mass is 10.2. The minimum atomic E-state index is -3.90. The minimum absolute atomic E-state index is 0.198. The molecule has 1 aliphatic carbocycles. The van der Waals surface area contributed by atoms with E-state index in [4.69, 9.17) is 4.52 Å². The molecule has 1 saturated heterocycles. The van der Waals surface area contributed by atoms with Crippen LogP contribution in [0.1, 0.15) is 24.3 Å². The number of nitriles is 1. The highest BCUT2D eigenvalue weighted by Crippen LogP contribution is 2.34. The Morgan fingerprint density at radius 3 is 2.57 bits per heavy atom. The summed E-state index contributed by atoms with van der Waals surface area (Å²) in [6.45, 7) is 3.04. The minimum Gasteiger partial charge on any atom is -0.361 e. The fourth-order valence-corrected chi connectivity index (χ4v) is 5.44. The second kappa shape index (κ2) is 10.0. The van der Waals surface area contributed by atoms with Crippen LogP contribution in [0.3, 0.4) is 0 Å². The van der Waals surface area contributed by atoms with E-state index in [0.29, 0.717) is 37.4 Å². The van der Waals surface area contributed by atoms with Crippen molar-refractivity contribution in [2.75, 3.05) is 36.8 Å². The smallest absolute Gasteiger partial charge is 0.244 e. The van der Waals surface area contributed by atoms with E-state index in [9.17, 15) is 23.3 Å². The molecule has 2 N–H and O–H groups in total. The molecule has 1 atom stereocenters. The fraction of sp³-hybridized carbons (Fsp3) is 0.500. The molecule has 2 amide bonds. The summed E-state index contributed by atoms with van der Waals surface area (Å²) < 4.78 is 32.8. The number of rotatable bonds is 9. The van der Waals surface area contributed by atoms with Crippen molar-refractivity contribution < 1.29 is 22.5 Å². The van der Waals surface area contributed by atoms with Crippen LogP contribution in [-0.4, -0.2) is 78.2 Å². The molecular weight excluding hydrogens is 474 g/mol. The fourth-order valence-electron chi connectivity index (χ4n) is 3.85. The molecule has 4 rings (SSSR count). The van der Waals surface area contributed by atoms with E-state index in [0.717, 1.165) is 5.82 Å². The van der Waals surface area contributed by atoms with Gasteiger partial charge in [-0.05, 0) is 31.9 Å². The van der Waals surface area contributed by atoms with E-state index in [1.165, 1.54) is 4.31 Å². The molecule has 0 spiro atoms. The van der Waals surface area contributed by atoms with Crippen LogP contribution in [0.15, 0.2) is 35.0 Å². The number of carbonyl (C=O) groups excluding carboxylic acids is 2. The first-order chi connectivity index (χ1) is 16.7. The summed E-state index contributed by atoms with van der Waals surface area (Å²) in [6.07, 6.45) is 2.44. The average molecular weight is 502 g/mol. The van der Waals surface area contributed by atoms with Crippen LogP contribution in [0.4, 0.5) is 5.82 Å². The Bertz CT molecular complexity index is 1210. The molecular formula is C22H27N7O5S. The summed E-state index contributed by atoms with van der Waals surface area (Å²) in [6, 6.07) is 7.80. The van der Waals surface area contributed by atoms with E-state index < -0.39 is 39.2 Å². The van der Waals surface area contributed by atoms with Crippen molar-refractivity contribution in [3.63, 3.8) is 0 Å². The van der Waals surface area contributed by atoms with Gasteiger partial charge in [0.05, 0.1) is 23.9 Å². The Hall–Kier alpha value is -3.50. The Morgan fingerprint density at radius 1 is 1.26 bits per heavy atom. The molecule has 1 aliphatic heterocycles. The molecule has 2 aromatic heterocycles. The van der Waals surface area contributed by atoms with Gasteiger partial charge in [0.25, 0.3) is 0 Å². The molecule has 2 aliphatic rings. The molecule has 0 radical (unpaired) electrons. The quantitative estimate of drug-likeness (QED) is 0.471. The number of hydrogen-bond donors (Lipinski definition) is 2. The molecule has 3 heterocycles. The molecule has 1 unspecified atom stereocenters. The highest BCUT2D eigenvalue weighted by atomic mass is 32.2. The van der Waals surface area contributed by atoms with Gasteiger partial charge in [-0.25, -0.2) is 13.4 Å². The Kier molecular flexibility index (Phi) is 7.04. The van der Waals surface area contributed by atoms with Gasteiger partial charge in [0.15, 0.2) is 0 Å². The Morgan fingerprint density at radius 2 is 2.00 bits per heavy atom. The zero-order chi connectivity index (χ0) is 25.1. The maximum atomic E-state index is 13.2. The largest absolute Gasteiger partial charge is 0.361 e. The predicted molar refractivity (Wildman–Crippen MR) is 124 cm³/mol. The van der Waals surface area contributed by atoms with Crippen LogP contribution in [0.25, 0.3) is 0 Å². The van der Waals surface area contributed by atoms with Crippen LogP contribution in [-0.2, 0) is 26.0 Å². The van der Waals surface area contributed by atoms with Crippen LogP contribution in [0.5, 0.6) is 0 Å².